The molecular weight excluding hydrogens is 228 g/mol. The number of rotatable bonds is 5. The van der Waals surface area contributed by atoms with Gasteiger partial charge in [0.25, 0.3) is 5.91 Å². The third-order valence-electron chi connectivity index (χ3n) is 3.19. The summed E-state index contributed by atoms with van der Waals surface area (Å²) in [5.41, 5.74) is 0.649. The number of amides is 1. The van der Waals surface area contributed by atoms with E-state index in [1.807, 2.05) is 0 Å². The van der Waals surface area contributed by atoms with Gasteiger partial charge in [0.05, 0.1) is 0 Å². The molecule has 1 fully saturated rings. The van der Waals surface area contributed by atoms with Gasteiger partial charge in [-0.3, -0.25) is 4.79 Å². The average molecular weight is 248 g/mol. The summed E-state index contributed by atoms with van der Waals surface area (Å²) in [6.45, 7) is 3.97. The largest absolute Gasteiger partial charge is 0.373 e. The maximum Gasteiger partial charge on any atom is 0.251 e. The molecule has 0 aromatic carbocycles. The molecule has 0 saturated carbocycles. The van der Waals surface area contributed by atoms with Crippen molar-refractivity contribution in [2.45, 2.75) is 12.8 Å². The predicted octanol–water partition coefficient (Wildman–Crippen LogP) is 0.949. The van der Waals surface area contributed by atoms with Crippen molar-refractivity contribution in [3.8, 4) is 0 Å². The number of nitrogens with one attached hydrogen (secondary N) is 2. The summed E-state index contributed by atoms with van der Waals surface area (Å²) in [6.07, 6.45) is 4.20. The summed E-state index contributed by atoms with van der Waals surface area (Å²) in [5, 5.41) is 5.86. The quantitative estimate of drug-likeness (QED) is 0.814. The molecule has 0 bridgehead atoms. The lowest BCUT2D eigenvalue weighted by Gasteiger charge is -2.14. The monoisotopic (exact) mass is 248 g/mol. The standard InChI is InChI=1S/C13H20N4O/c1-14-12-10-11(4-5-15-12)13(18)16-6-9-17-7-2-3-8-17/h4-5,10H,2-3,6-9H2,1H3,(H,14,15)(H,16,18). The van der Waals surface area contributed by atoms with Gasteiger partial charge in [-0.15, -0.1) is 0 Å². The second-order valence-electron chi connectivity index (χ2n) is 4.48. The summed E-state index contributed by atoms with van der Waals surface area (Å²) in [5.74, 6) is 0.676. The predicted molar refractivity (Wildman–Crippen MR) is 71.8 cm³/mol. The van der Waals surface area contributed by atoms with Crippen molar-refractivity contribution in [1.82, 2.24) is 15.2 Å². The summed E-state index contributed by atoms with van der Waals surface area (Å²) in [7, 11) is 1.79. The van der Waals surface area contributed by atoms with Gasteiger partial charge in [-0.2, -0.15) is 0 Å². The van der Waals surface area contributed by atoms with Crippen LogP contribution in [0.25, 0.3) is 0 Å². The van der Waals surface area contributed by atoms with E-state index in [1.54, 1.807) is 25.4 Å². The molecule has 18 heavy (non-hydrogen) atoms. The zero-order valence-corrected chi connectivity index (χ0v) is 10.8. The van der Waals surface area contributed by atoms with Crippen molar-refractivity contribution < 1.29 is 4.79 Å². The van der Waals surface area contributed by atoms with Gasteiger partial charge in [0.2, 0.25) is 0 Å². The van der Waals surface area contributed by atoms with Crippen molar-refractivity contribution in [2.75, 3.05) is 38.5 Å². The van der Waals surface area contributed by atoms with E-state index in [9.17, 15) is 4.79 Å². The molecule has 5 nitrogen and oxygen atoms in total. The highest BCUT2D eigenvalue weighted by Gasteiger charge is 2.11. The Balaban J connectivity index is 1.79. The minimum atomic E-state index is -0.0342. The molecule has 1 aliphatic heterocycles. The Hall–Kier alpha value is -1.62. The van der Waals surface area contributed by atoms with E-state index in [4.69, 9.17) is 0 Å². The van der Waals surface area contributed by atoms with E-state index in [2.05, 4.69) is 20.5 Å². The molecule has 1 aromatic rings. The number of aromatic nitrogens is 1. The molecule has 98 valence electrons. The molecule has 0 spiro atoms. The van der Waals surface area contributed by atoms with Crippen LogP contribution in [0.5, 0.6) is 0 Å². The van der Waals surface area contributed by atoms with Crippen LogP contribution in [0.2, 0.25) is 0 Å². The van der Waals surface area contributed by atoms with E-state index in [1.165, 1.54) is 12.8 Å². The van der Waals surface area contributed by atoms with Gasteiger partial charge < -0.3 is 15.5 Å². The molecule has 1 saturated heterocycles. The average Bonchev–Trinajstić information content (AvgIpc) is 2.92. The molecule has 0 unspecified atom stereocenters. The zero-order chi connectivity index (χ0) is 12.8. The van der Waals surface area contributed by atoms with Gasteiger partial charge >= 0.3 is 0 Å². The minimum Gasteiger partial charge on any atom is -0.373 e. The number of likely N-dealkylation sites (tertiary alicyclic amines) is 1. The fourth-order valence-corrected chi connectivity index (χ4v) is 2.14. The maximum atomic E-state index is 11.9. The molecule has 2 rings (SSSR count). The number of carbonyl (C=O) groups excluding carboxylic acids is 1. The Morgan fingerprint density at radius 2 is 2.22 bits per heavy atom. The van der Waals surface area contributed by atoms with Crippen LogP contribution < -0.4 is 10.6 Å². The van der Waals surface area contributed by atoms with Crippen LogP contribution in [0.1, 0.15) is 23.2 Å². The lowest BCUT2D eigenvalue weighted by Crippen LogP contribution is -2.33. The molecular formula is C13H20N4O. The molecule has 0 atom stereocenters. The van der Waals surface area contributed by atoms with Crippen molar-refractivity contribution in [3.05, 3.63) is 23.9 Å². The number of anilines is 1. The first kappa shape index (κ1) is 12.8. The van der Waals surface area contributed by atoms with Crippen LogP contribution in [0.15, 0.2) is 18.3 Å². The first-order chi connectivity index (χ1) is 8.79. The fraction of sp³-hybridized carbons (Fsp3) is 0.538. The Morgan fingerprint density at radius 3 is 2.94 bits per heavy atom. The first-order valence-corrected chi connectivity index (χ1v) is 6.44. The molecule has 2 heterocycles. The number of hydrogen-bond donors (Lipinski definition) is 2. The summed E-state index contributed by atoms with van der Waals surface area (Å²) >= 11 is 0. The first-order valence-electron chi connectivity index (χ1n) is 6.44. The van der Waals surface area contributed by atoms with E-state index in [-0.39, 0.29) is 5.91 Å². The third-order valence-corrected chi connectivity index (χ3v) is 3.19. The normalized spacial score (nSPS) is 15.6. The maximum absolute atomic E-state index is 11.9. The highest BCUT2D eigenvalue weighted by Crippen LogP contribution is 2.07. The molecule has 2 N–H and O–H groups in total. The molecule has 1 aliphatic rings. The van der Waals surface area contributed by atoms with Gasteiger partial charge in [0.1, 0.15) is 5.82 Å². The summed E-state index contributed by atoms with van der Waals surface area (Å²) in [6, 6.07) is 3.48. The smallest absolute Gasteiger partial charge is 0.251 e. The van der Waals surface area contributed by atoms with Crippen LogP contribution >= 0.6 is 0 Å². The lowest BCUT2D eigenvalue weighted by atomic mass is 10.2. The highest BCUT2D eigenvalue weighted by molar-refractivity contribution is 5.94. The second-order valence-corrected chi connectivity index (χ2v) is 4.48. The Morgan fingerprint density at radius 1 is 1.44 bits per heavy atom. The van der Waals surface area contributed by atoms with Crippen molar-refractivity contribution in [1.29, 1.82) is 0 Å². The van der Waals surface area contributed by atoms with E-state index >= 15 is 0 Å². The van der Waals surface area contributed by atoms with E-state index in [0.717, 1.165) is 19.6 Å². The molecule has 5 heteroatoms. The number of hydrogen-bond acceptors (Lipinski definition) is 4. The summed E-state index contributed by atoms with van der Waals surface area (Å²) < 4.78 is 0. The Labute approximate surface area is 108 Å². The third kappa shape index (κ3) is 3.43. The summed E-state index contributed by atoms with van der Waals surface area (Å²) in [4.78, 5) is 18.4. The second kappa shape index (κ2) is 6.35. The van der Waals surface area contributed by atoms with Crippen LogP contribution in [0.3, 0.4) is 0 Å². The number of carbonyl (C=O) groups is 1. The van der Waals surface area contributed by atoms with Gasteiger partial charge in [0, 0.05) is 31.9 Å². The topological polar surface area (TPSA) is 57.3 Å². The van der Waals surface area contributed by atoms with Gasteiger partial charge in [-0.05, 0) is 38.1 Å². The lowest BCUT2D eigenvalue weighted by molar-refractivity contribution is 0.0949. The number of pyridine rings is 1. The minimum absolute atomic E-state index is 0.0342. The van der Waals surface area contributed by atoms with Gasteiger partial charge in [-0.25, -0.2) is 4.98 Å². The zero-order valence-electron chi connectivity index (χ0n) is 10.8. The highest BCUT2D eigenvalue weighted by atomic mass is 16.1. The van der Waals surface area contributed by atoms with Gasteiger partial charge in [0.15, 0.2) is 0 Å². The molecule has 0 aliphatic carbocycles. The van der Waals surface area contributed by atoms with Crippen molar-refractivity contribution in [2.24, 2.45) is 0 Å². The fourth-order valence-electron chi connectivity index (χ4n) is 2.14. The number of nitrogens with zero attached hydrogens (tertiary/aromatic N) is 2. The van der Waals surface area contributed by atoms with Crippen LogP contribution in [0.4, 0.5) is 5.82 Å². The Kier molecular flexibility index (Phi) is 4.52. The van der Waals surface area contributed by atoms with Crippen LogP contribution in [-0.4, -0.2) is 49.0 Å². The van der Waals surface area contributed by atoms with Crippen molar-refractivity contribution >= 4 is 11.7 Å². The van der Waals surface area contributed by atoms with Gasteiger partial charge in [-0.1, -0.05) is 0 Å². The SMILES string of the molecule is CNc1cc(C(=O)NCCN2CCCC2)ccn1. The molecule has 1 amide bonds. The van der Waals surface area contributed by atoms with Crippen LogP contribution in [-0.2, 0) is 0 Å². The van der Waals surface area contributed by atoms with Crippen LogP contribution in [0, 0.1) is 0 Å². The van der Waals surface area contributed by atoms with E-state index in [0.29, 0.717) is 17.9 Å². The van der Waals surface area contributed by atoms with Crippen molar-refractivity contribution in [3.63, 3.8) is 0 Å². The van der Waals surface area contributed by atoms with E-state index < -0.39 is 0 Å². The molecule has 0 radical (unpaired) electrons. The molecule has 1 aromatic heterocycles. The Bertz CT molecular complexity index is 402.